The molecule has 1 saturated heterocycles. The molecule has 3 aromatic carbocycles. The Labute approximate surface area is 228 Å². The van der Waals surface area contributed by atoms with Crippen LogP contribution in [0.5, 0.6) is 11.5 Å². The third kappa shape index (κ3) is 5.65. The minimum absolute atomic E-state index is 0.0905. The number of carbonyl (C=O) groups excluding carboxylic acids is 2. The molecule has 0 spiro atoms. The standard InChI is InChI=1S/C26H19Cl3N2O4S/c1-2-34-22-13-16(8-11-21(22)35-14-15-6-9-17(27)10-7-15)12-18-24(32)30-26(36)31(25(18)33)20-5-3-4-19(28)23(20)29/h3-13H,2,14H2,1H3,(H,30,32,36)/b18-12+. The average Bonchev–Trinajstić information content (AvgIpc) is 2.85. The minimum Gasteiger partial charge on any atom is -0.490 e. The summed E-state index contributed by atoms with van der Waals surface area (Å²) in [6.45, 7) is 2.55. The largest absolute Gasteiger partial charge is 0.490 e. The van der Waals surface area contributed by atoms with E-state index in [0.717, 1.165) is 10.5 Å². The smallest absolute Gasteiger partial charge is 0.270 e. The van der Waals surface area contributed by atoms with E-state index in [2.05, 4.69) is 5.32 Å². The number of hydrogen-bond donors (Lipinski definition) is 1. The number of halogens is 3. The molecular weight excluding hydrogens is 543 g/mol. The van der Waals surface area contributed by atoms with Crippen molar-refractivity contribution in [3.8, 4) is 11.5 Å². The van der Waals surface area contributed by atoms with Crippen molar-refractivity contribution in [3.05, 3.63) is 92.4 Å². The van der Waals surface area contributed by atoms with Gasteiger partial charge in [-0.15, -0.1) is 0 Å². The summed E-state index contributed by atoms with van der Waals surface area (Å²) in [6.07, 6.45) is 1.45. The first-order chi connectivity index (χ1) is 17.3. The predicted molar refractivity (Wildman–Crippen MR) is 146 cm³/mol. The van der Waals surface area contributed by atoms with E-state index < -0.39 is 11.8 Å². The number of rotatable bonds is 7. The lowest BCUT2D eigenvalue weighted by Gasteiger charge is -2.29. The molecule has 1 aliphatic rings. The number of amides is 2. The second-order valence-corrected chi connectivity index (χ2v) is 9.19. The number of benzene rings is 3. The Balaban J connectivity index is 1.63. The molecule has 1 N–H and O–H groups in total. The molecule has 0 unspecified atom stereocenters. The number of ether oxygens (including phenoxy) is 2. The Morgan fingerprint density at radius 1 is 0.972 bits per heavy atom. The van der Waals surface area contributed by atoms with E-state index in [9.17, 15) is 9.59 Å². The SMILES string of the molecule is CCOc1cc(/C=C2\C(=O)NC(=S)N(c3cccc(Cl)c3Cl)C2=O)ccc1OCc1ccc(Cl)cc1. The first kappa shape index (κ1) is 26.0. The van der Waals surface area contributed by atoms with Crippen LogP contribution in [0.3, 0.4) is 0 Å². The van der Waals surface area contributed by atoms with Gasteiger partial charge in [-0.05, 0) is 72.7 Å². The Kier molecular flexibility index (Phi) is 8.16. The van der Waals surface area contributed by atoms with Crippen LogP contribution in [0.15, 0.2) is 66.2 Å². The Bertz CT molecular complexity index is 1380. The van der Waals surface area contributed by atoms with Crippen LogP contribution in [-0.2, 0) is 16.2 Å². The highest BCUT2D eigenvalue weighted by molar-refractivity contribution is 7.80. The zero-order valence-electron chi connectivity index (χ0n) is 18.9. The molecule has 1 fully saturated rings. The van der Waals surface area contributed by atoms with E-state index >= 15 is 0 Å². The second kappa shape index (κ2) is 11.3. The topological polar surface area (TPSA) is 67.9 Å². The molecule has 0 saturated carbocycles. The number of anilines is 1. The van der Waals surface area contributed by atoms with Crippen LogP contribution in [0.1, 0.15) is 18.1 Å². The van der Waals surface area contributed by atoms with Gasteiger partial charge in [0.2, 0.25) is 0 Å². The molecule has 3 aromatic rings. The summed E-state index contributed by atoms with van der Waals surface area (Å²) in [7, 11) is 0. The summed E-state index contributed by atoms with van der Waals surface area (Å²) in [6, 6.07) is 17.3. The van der Waals surface area contributed by atoms with Crippen molar-refractivity contribution in [3.63, 3.8) is 0 Å². The third-order valence-corrected chi connectivity index (χ3v) is 6.51. The van der Waals surface area contributed by atoms with Gasteiger partial charge in [0, 0.05) is 5.02 Å². The van der Waals surface area contributed by atoms with Gasteiger partial charge in [0.05, 0.1) is 22.3 Å². The maximum Gasteiger partial charge on any atom is 0.270 e. The zero-order chi connectivity index (χ0) is 25.8. The fourth-order valence-corrected chi connectivity index (χ4v) is 4.23. The zero-order valence-corrected chi connectivity index (χ0v) is 22.0. The van der Waals surface area contributed by atoms with E-state index in [1.807, 2.05) is 19.1 Å². The predicted octanol–water partition coefficient (Wildman–Crippen LogP) is 6.46. The summed E-state index contributed by atoms with van der Waals surface area (Å²) >= 11 is 23.6. The fourth-order valence-electron chi connectivity index (χ4n) is 3.45. The first-order valence-electron chi connectivity index (χ1n) is 10.8. The van der Waals surface area contributed by atoms with E-state index in [1.165, 1.54) is 6.08 Å². The van der Waals surface area contributed by atoms with Crippen molar-refractivity contribution in [1.29, 1.82) is 0 Å². The minimum atomic E-state index is -0.631. The van der Waals surface area contributed by atoms with Crippen LogP contribution < -0.4 is 19.7 Å². The molecule has 184 valence electrons. The van der Waals surface area contributed by atoms with Crippen LogP contribution in [-0.4, -0.2) is 23.5 Å². The van der Waals surface area contributed by atoms with Crippen LogP contribution >= 0.6 is 47.0 Å². The van der Waals surface area contributed by atoms with E-state index in [4.69, 9.17) is 56.5 Å². The van der Waals surface area contributed by atoms with Crippen LogP contribution in [0.25, 0.3) is 6.08 Å². The Morgan fingerprint density at radius 2 is 1.72 bits per heavy atom. The molecule has 1 aliphatic heterocycles. The third-order valence-electron chi connectivity index (χ3n) is 5.16. The fraction of sp³-hybridized carbons (Fsp3) is 0.115. The maximum absolute atomic E-state index is 13.3. The summed E-state index contributed by atoms with van der Waals surface area (Å²) in [5.41, 5.74) is 1.64. The molecule has 0 bridgehead atoms. The van der Waals surface area contributed by atoms with Crippen molar-refractivity contribution < 1.29 is 19.1 Å². The first-order valence-corrected chi connectivity index (χ1v) is 12.3. The molecule has 2 amide bonds. The van der Waals surface area contributed by atoms with E-state index in [-0.39, 0.29) is 26.4 Å². The van der Waals surface area contributed by atoms with E-state index in [0.29, 0.717) is 35.3 Å². The lowest BCUT2D eigenvalue weighted by atomic mass is 10.1. The average molecular weight is 562 g/mol. The van der Waals surface area contributed by atoms with Gasteiger partial charge in [-0.3, -0.25) is 19.8 Å². The highest BCUT2D eigenvalue weighted by Crippen LogP contribution is 2.35. The van der Waals surface area contributed by atoms with Crippen molar-refractivity contribution in [1.82, 2.24) is 5.32 Å². The molecule has 1 heterocycles. The molecule has 4 rings (SSSR count). The highest BCUT2D eigenvalue weighted by Gasteiger charge is 2.35. The lowest BCUT2D eigenvalue weighted by molar-refractivity contribution is -0.122. The van der Waals surface area contributed by atoms with Gasteiger partial charge in [-0.2, -0.15) is 0 Å². The van der Waals surface area contributed by atoms with Crippen LogP contribution in [0.4, 0.5) is 5.69 Å². The van der Waals surface area contributed by atoms with Gasteiger partial charge in [-0.25, -0.2) is 0 Å². The van der Waals surface area contributed by atoms with Gasteiger partial charge in [0.25, 0.3) is 11.8 Å². The number of thiocarbonyl (C=S) groups is 1. The summed E-state index contributed by atoms with van der Waals surface area (Å²) in [5, 5.41) is 3.48. The highest BCUT2D eigenvalue weighted by atomic mass is 35.5. The number of carbonyl (C=O) groups is 2. The van der Waals surface area contributed by atoms with Gasteiger partial charge < -0.3 is 9.47 Å². The van der Waals surface area contributed by atoms with Crippen LogP contribution in [0.2, 0.25) is 15.1 Å². The molecular formula is C26H19Cl3N2O4S. The summed E-state index contributed by atoms with van der Waals surface area (Å²) in [5.74, 6) is -0.272. The van der Waals surface area contributed by atoms with Crippen molar-refractivity contribution in [2.75, 3.05) is 11.5 Å². The maximum atomic E-state index is 13.3. The normalized spacial score (nSPS) is 14.7. The van der Waals surface area contributed by atoms with Gasteiger partial charge in [-0.1, -0.05) is 59.1 Å². The van der Waals surface area contributed by atoms with Gasteiger partial charge in [0.1, 0.15) is 12.2 Å². The summed E-state index contributed by atoms with van der Waals surface area (Å²) in [4.78, 5) is 27.1. The van der Waals surface area contributed by atoms with Crippen molar-refractivity contribution in [2.24, 2.45) is 0 Å². The van der Waals surface area contributed by atoms with E-state index in [1.54, 1.807) is 48.5 Å². The number of nitrogens with zero attached hydrogens (tertiary/aromatic N) is 1. The molecule has 36 heavy (non-hydrogen) atoms. The quantitative estimate of drug-likeness (QED) is 0.204. The second-order valence-electron chi connectivity index (χ2n) is 7.59. The molecule has 6 nitrogen and oxygen atoms in total. The van der Waals surface area contributed by atoms with Crippen molar-refractivity contribution in [2.45, 2.75) is 13.5 Å². The lowest BCUT2D eigenvalue weighted by Crippen LogP contribution is -2.54. The van der Waals surface area contributed by atoms with Crippen LogP contribution in [0, 0.1) is 0 Å². The monoisotopic (exact) mass is 560 g/mol. The molecule has 0 atom stereocenters. The molecule has 0 aliphatic carbocycles. The molecule has 10 heteroatoms. The molecule has 0 radical (unpaired) electrons. The Morgan fingerprint density at radius 3 is 2.44 bits per heavy atom. The van der Waals surface area contributed by atoms with Crippen molar-refractivity contribution >= 4 is 75.7 Å². The Hall–Kier alpha value is -3.10. The number of hydrogen-bond acceptors (Lipinski definition) is 5. The van der Waals surface area contributed by atoms with Gasteiger partial charge >= 0.3 is 0 Å². The number of nitrogens with one attached hydrogen (secondary N) is 1. The molecule has 0 aromatic heterocycles. The summed E-state index contributed by atoms with van der Waals surface area (Å²) < 4.78 is 11.7. The van der Waals surface area contributed by atoms with Gasteiger partial charge in [0.15, 0.2) is 16.6 Å².